The molecule has 5 nitrogen and oxygen atoms in total. The van der Waals surface area contributed by atoms with E-state index in [1.165, 1.54) is 0 Å². The molecule has 15 heavy (non-hydrogen) atoms. The minimum absolute atomic E-state index is 0.0158. The van der Waals surface area contributed by atoms with Crippen LogP contribution in [0.4, 0.5) is 0 Å². The summed E-state index contributed by atoms with van der Waals surface area (Å²) in [6.07, 6.45) is 2.58. The molecule has 3 N–H and O–H groups in total. The number of carbonyl (C=O) groups is 2. The number of nitrogens with one attached hydrogen (secondary N) is 3. The highest BCUT2D eigenvalue weighted by atomic mass is 16.2. The number of carbonyl (C=O) groups excluding carboxylic acids is 2. The number of hydrogen-bond donors (Lipinski definition) is 3. The summed E-state index contributed by atoms with van der Waals surface area (Å²) < 4.78 is 0. The lowest BCUT2D eigenvalue weighted by Gasteiger charge is -2.23. The third-order valence-corrected chi connectivity index (χ3v) is 3.03. The van der Waals surface area contributed by atoms with E-state index in [0.29, 0.717) is 0 Å². The molecule has 2 aliphatic heterocycles. The average molecular weight is 211 g/mol. The van der Waals surface area contributed by atoms with Crippen molar-refractivity contribution in [2.75, 3.05) is 19.6 Å². The molecule has 2 heterocycles. The lowest BCUT2D eigenvalue weighted by molar-refractivity contribution is -0.131. The maximum absolute atomic E-state index is 11.7. The van der Waals surface area contributed by atoms with Gasteiger partial charge in [-0.3, -0.25) is 9.59 Å². The highest BCUT2D eigenvalue weighted by molar-refractivity contribution is 5.89. The Kier molecular flexibility index (Phi) is 3.20. The van der Waals surface area contributed by atoms with E-state index < -0.39 is 0 Å². The summed E-state index contributed by atoms with van der Waals surface area (Å²) in [5.74, 6) is 0.0160. The lowest BCUT2D eigenvalue weighted by Crippen LogP contribution is -2.51. The van der Waals surface area contributed by atoms with E-state index in [-0.39, 0.29) is 23.8 Å². The largest absolute Gasteiger partial charge is 0.354 e. The second-order valence-electron chi connectivity index (χ2n) is 4.18. The SMILES string of the molecule is O=C(NC1CCCNC1=O)C1CCNC1. The smallest absolute Gasteiger partial charge is 0.242 e. The molecule has 0 aliphatic carbocycles. The van der Waals surface area contributed by atoms with Gasteiger partial charge in [0.05, 0.1) is 5.92 Å². The number of rotatable bonds is 2. The predicted octanol–water partition coefficient (Wildman–Crippen LogP) is -1.01. The first-order chi connectivity index (χ1) is 7.27. The van der Waals surface area contributed by atoms with E-state index in [1.807, 2.05) is 0 Å². The fraction of sp³-hybridized carbons (Fsp3) is 0.800. The Labute approximate surface area is 89.0 Å². The lowest BCUT2D eigenvalue weighted by atomic mass is 10.0. The van der Waals surface area contributed by atoms with Crippen LogP contribution in [0.5, 0.6) is 0 Å². The van der Waals surface area contributed by atoms with E-state index in [1.54, 1.807) is 0 Å². The zero-order valence-corrected chi connectivity index (χ0v) is 8.71. The van der Waals surface area contributed by atoms with Gasteiger partial charge in [-0.1, -0.05) is 0 Å². The van der Waals surface area contributed by atoms with Crippen molar-refractivity contribution in [3.05, 3.63) is 0 Å². The van der Waals surface area contributed by atoms with Crippen molar-refractivity contribution >= 4 is 11.8 Å². The number of amides is 2. The van der Waals surface area contributed by atoms with Gasteiger partial charge in [0.25, 0.3) is 0 Å². The Hall–Kier alpha value is -1.10. The molecule has 0 bridgehead atoms. The minimum atomic E-state index is -0.313. The van der Waals surface area contributed by atoms with Gasteiger partial charge in [0, 0.05) is 13.1 Å². The molecule has 0 aromatic carbocycles. The molecule has 2 fully saturated rings. The van der Waals surface area contributed by atoms with Gasteiger partial charge in [0.2, 0.25) is 11.8 Å². The molecule has 2 atom stereocenters. The summed E-state index contributed by atoms with van der Waals surface area (Å²) in [6.45, 7) is 2.37. The van der Waals surface area contributed by atoms with Gasteiger partial charge >= 0.3 is 0 Å². The van der Waals surface area contributed by atoms with Gasteiger partial charge < -0.3 is 16.0 Å². The summed E-state index contributed by atoms with van der Waals surface area (Å²) >= 11 is 0. The highest BCUT2D eigenvalue weighted by Gasteiger charge is 2.28. The molecule has 2 rings (SSSR count). The Morgan fingerprint density at radius 1 is 1.33 bits per heavy atom. The molecule has 5 heteroatoms. The third-order valence-electron chi connectivity index (χ3n) is 3.03. The molecule has 2 saturated heterocycles. The average Bonchev–Trinajstić information content (AvgIpc) is 2.74. The van der Waals surface area contributed by atoms with Crippen LogP contribution in [0.25, 0.3) is 0 Å². The predicted molar refractivity (Wildman–Crippen MR) is 55.2 cm³/mol. The quantitative estimate of drug-likeness (QED) is 0.548. The van der Waals surface area contributed by atoms with E-state index in [4.69, 9.17) is 0 Å². The Morgan fingerprint density at radius 2 is 2.20 bits per heavy atom. The fourth-order valence-electron chi connectivity index (χ4n) is 2.08. The third kappa shape index (κ3) is 2.47. The van der Waals surface area contributed by atoms with Crippen LogP contribution in [0.3, 0.4) is 0 Å². The van der Waals surface area contributed by atoms with Gasteiger partial charge in [-0.15, -0.1) is 0 Å². The first-order valence-corrected chi connectivity index (χ1v) is 5.56. The summed E-state index contributed by atoms with van der Waals surface area (Å²) in [5.41, 5.74) is 0. The zero-order valence-electron chi connectivity index (χ0n) is 8.71. The maximum Gasteiger partial charge on any atom is 0.242 e. The van der Waals surface area contributed by atoms with E-state index in [9.17, 15) is 9.59 Å². The number of hydrogen-bond acceptors (Lipinski definition) is 3. The molecular weight excluding hydrogens is 194 g/mol. The van der Waals surface area contributed by atoms with Crippen molar-refractivity contribution in [3.8, 4) is 0 Å². The van der Waals surface area contributed by atoms with Crippen LogP contribution < -0.4 is 16.0 Å². The van der Waals surface area contributed by atoms with Crippen LogP contribution in [0.15, 0.2) is 0 Å². The number of piperidine rings is 1. The molecule has 2 amide bonds. The minimum Gasteiger partial charge on any atom is -0.354 e. The van der Waals surface area contributed by atoms with E-state index in [0.717, 1.165) is 38.9 Å². The van der Waals surface area contributed by atoms with Gasteiger partial charge in [-0.25, -0.2) is 0 Å². The molecule has 84 valence electrons. The summed E-state index contributed by atoms with van der Waals surface area (Å²) in [7, 11) is 0. The van der Waals surface area contributed by atoms with Crippen molar-refractivity contribution in [1.29, 1.82) is 0 Å². The normalized spacial score (nSPS) is 31.1. The van der Waals surface area contributed by atoms with Crippen LogP contribution in [0.2, 0.25) is 0 Å². The Bertz CT molecular complexity index is 261. The van der Waals surface area contributed by atoms with Crippen molar-refractivity contribution in [1.82, 2.24) is 16.0 Å². The Balaban J connectivity index is 1.84. The first kappa shape index (κ1) is 10.4. The van der Waals surface area contributed by atoms with Gasteiger partial charge in [0.15, 0.2) is 0 Å². The zero-order chi connectivity index (χ0) is 10.7. The molecule has 0 aromatic heterocycles. The topological polar surface area (TPSA) is 70.2 Å². The molecule has 2 aliphatic rings. The maximum atomic E-state index is 11.7. The fourth-order valence-corrected chi connectivity index (χ4v) is 2.08. The van der Waals surface area contributed by atoms with Gasteiger partial charge in [-0.05, 0) is 25.8 Å². The van der Waals surface area contributed by atoms with E-state index in [2.05, 4.69) is 16.0 Å². The summed E-state index contributed by atoms with van der Waals surface area (Å²) in [5, 5.41) is 8.72. The van der Waals surface area contributed by atoms with Crippen LogP contribution >= 0.6 is 0 Å². The van der Waals surface area contributed by atoms with Crippen molar-refractivity contribution in [2.24, 2.45) is 5.92 Å². The first-order valence-electron chi connectivity index (χ1n) is 5.56. The summed E-state index contributed by atoms with van der Waals surface area (Å²) in [4.78, 5) is 23.1. The Morgan fingerprint density at radius 3 is 2.87 bits per heavy atom. The molecular formula is C10H17N3O2. The summed E-state index contributed by atoms with van der Waals surface area (Å²) in [6, 6.07) is -0.313. The molecule has 0 radical (unpaired) electrons. The van der Waals surface area contributed by atoms with Crippen molar-refractivity contribution in [2.45, 2.75) is 25.3 Å². The van der Waals surface area contributed by atoms with Gasteiger partial charge in [0.1, 0.15) is 6.04 Å². The second kappa shape index (κ2) is 4.61. The second-order valence-corrected chi connectivity index (χ2v) is 4.18. The van der Waals surface area contributed by atoms with Crippen LogP contribution in [-0.4, -0.2) is 37.5 Å². The molecule has 2 unspecified atom stereocenters. The van der Waals surface area contributed by atoms with Crippen molar-refractivity contribution < 1.29 is 9.59 Å². The van der Waals surface area contributed by atoms with Crippen molar-refractivity contribution in [3.63, 3.8) is 0 Å². The molecule has 0 spiro atoms. The van der Waals surface area contributed by atoms with Crippen LogP contribution in [0, 0.1) is 5.92 Å². The van der Waals surface area contributed by atoms with Crippen LogP contribution in [-0.2, 0) is 9.59 Å². The molecule has 0 aromatic rings. The highest BCUT2D eigenvalue weighted by Crippen LogP contribution is 2.09. The van der Waals surface area contributed by atoms with Crippen LogP contribution in [0.1, 0.15) is 19.3 Å². The van der Waals surface area contributed by atoms with E-state index >= 15 is 0 Å². The van der Waals surface area contributed by atoms with Gasteiger partial charge in [-0.2, -0.15) is 0 Å². The standard InChI is InChI=1S/C10H17N3O2/c14-9(7-3-5-11-6-7)13-8-2-1-4-12-10(8)15/h7-8,11H,1-6H2,(H,12,15)(H,13,14). The monoisotopic (exact) mass is 211 g/mol. The molecule has 0 saturated carbocycles.